The Balaban J connectivity index is 1.89. The van der Waals surface area contributed by atoms with Crippen LogP contribution in [0.3, 0.4) is 0 Å². The third kappa shape index (κ3) is 2.46. The SMILES string of the molecule is CCn1cc(CN2CCCC(=O)c3ccccc32)cn1. The van der Waals surface area contributed by atoms with Crippen LogP contribution in [0.4, 0.5) is 5.69 Å². The van der Waals surface area contributed by atoms with E-state index < -0.39 is 0 Å². The lowest BCUT2D eigenvalue weighted by molar-refractivity contribution is 0.0984. The van der Waals surface area contributed by atoms with E-state index in [1.165, 1.54) is 5.56 Å². The molecule has 2 heterocycles. The number of carbonyl (C=O) groups is 1. The molecule has 1 aliphatic rings. The van der Waals surface area contributed by atoms with Crippen LogP contribution < -0.4 is 4.90 Å². The van der Waals surface area contributed by atoms with Crippen LogP contribution in [0.1, 0.15) is 35.7 Å². The average molecular weight is 269 g/mol. The molecule has 0 atom stereocenters. The van der Waals surface area contributed by atoms with Gasteiger partial charge in [0.05, 0.1) is 6.20 Å². The standard InChI is InChI=1S/C16H19N3O/c1-2-19-12-13(10-17-19)11-18-9-5-8-16(20)14-6-3-4-7-15(14)18/h3-4,6-7,10,12H,2,5,8-9,11H2,1H3. The fourth-order valence-corrected chi connectivity index (χ4v) is 2.72. The first kappa shape index (κ1) is 12.9. The fraction of sp³-hybridized carbons (Fsp3) is 0.375. The summed E-state index contributed by atoms with van der Waals surface area (Å²) >= 11 is 0. The number of benzene rings is 1. The Morgan fingerprint density at radius 2 is 2.15 bits per heavy atom. The second-order valence-electron chi connectivity index (χ2n) is 5.17. The largest absolute Gasteiger partial charge is 0.366 e. The molecule has 2 aromatic rings. The van der Waals surface area contributed by atoms with Crippen molar-refractivity contribution in [3.8, 4) is 0 Å². The Hall–Kier alpha value is -2.10. The fourth-order valence-electron chi connectivity index (χ4n) is 2.72. The number of nitrogens with zero attached hydrogens (tertiary/aromatic N) is 3. The number of ketones is 1. The monoisotopic (exact) mass is 269 g/mol. The number of hydrogen-bond donors (Lipinski definition) is 0. The molecule has 0 aliphatic carbocycles. The molecule has 0 spiro atoms. The van der Waals surface area contributed by atoms with Crippen molar-refractivity contribution in [2.24, 2.45) is 0 Å². The van der Waals surface area contributed by atoms with E-state index in [0.717, 1.165) is 37.3 Å². The number of Topliss-reactive ketones (excluding diaryl/α,β-unsaturated/α-hetero) is 1. The molecule has 4 heteroatoms. The van der Waals surface area contributed by atoms with Crippen LogP contribution >= 0.6 is 0 Å². The predicted molar refractivity (Wildman–Crippen MR) is 79.0 cm³/mol. The number of anilines is 1. The summed E-state index contributed by atoms with van der Waals surface area (Å²) in [5.41, 5.74) is 3.10. The van der Waals surface area contributed by atoms with Crippen molar-refractivity contribution in [2.75, 3.05) is 11.4 Å². The lowest BCUT2D eigenvalue weighted by Crippen LogP contribution is -2.23. The van der Waals surface area contributed by atoms with Gasteiger partial charge in [0, 0.05) is 49.1 Å². The molecule has 0 N–H and O–H groups in total. The van der Waals surface area contributed by atoms with Crippen LogP contribution in [0.5, 0.6) is 0 Å². The van der Waals surface area contributed by atoms with Gasteiger partial charge in [-0.3, -0.25) is 9.48 Å². The Morgan fingerprint density at radius 3 is 2.95 bits per heavy atom. The van der Waals surface area contributed by atoms with Gasteiger partial charge >= 0.3 is 0 Å². The molecule has 3 rings (SSSR count). The summed E-state index contributed by atoms with van der Waals surface area (Å²) in [7, 11) is 0. The summed E-state index contributed by atoms with van der Waals surface area (Å²) in [5, 5.41) is 4.32. The second-order valence-corrected chi connectivity index (χ2v) is 5.17. The summed E-state index contributed by atoms with van der Waals surface area (Å²) in [6, 6.07) is 7.92. The molecule has 0 unspecified atom stereocenters. The molecule has 104 valence electrons. The van der Waals surface area contributed by atoms with Gasteiger partial charge in [0.25, 0.3) is 0 Å². The van der Waals surface area contributed by atoms with E-state index >= 15 is 0 Å². The number of fused-ring (bicyclic) bond motifs is 1. The minimum absolute atomic E-state index is 0.257. The molecule has 1 aromatic carbocycles. The van der Waals surface area contributed by atoms with E-state index in [-0.39, 0.29) is 5.78 Å². The van der Waals surface area contributed by atoms with E-state index in [1.807, 2.05) is 35.1 Å². The molecule has 0 saturated heterocycles. The second kappa shape index (κ2) is 5.49. The Bertz CT molecular complexity index is 618. The number of rotatable bonds is 3. The van der Waals surface area contributed by atoms with Gasteiger partial charge in [-0.15, -0.1) is 0 Å². The average Bonchev–Trinajstić information content (AvgIpc) is 2.87. The van der Waals surface area contributed by atoms with E-state index in [9.17, 15) is 4.79 Å². The quantitative estimate of drug-likeness (QED) is 0.860. The zero-order valence-corrected chi connectivity index (χ0v) is 11.7. The molecular formula is C16H19N3O. The Kier molecular flexibility index (Phi) is 3.54. The van der Waals surface area contributed by atoms with E-state index in [0.29, 0.717) is 6.42 Å². The highest BCUT2D eigenvalue weighted by Gasteiger charge is 2.20. The van der Waals surface area contributed by atoms with Crippen molar-refractivity contribution in [3.05, 3.63) is 47.8 Å². The zero-order chi connectivity index (χ0) is 13.9. The molecular weight excluding hydrogens is 250 g/mol. The minimum atomic E-state index is 0.257. The predicted octanol–water partition coefficient (Wildman–Crippen LogP) is 2.89. The van der Waals surface area contributed by atoms with Crippen molar-refractivity contribution in [3.63, 3.8) is 0 Å². The number of para-hydroxylation sites is 1. The summed E-state index contributed by atoms with van der Waals surface area (Å²) in [6.07, 6.45) is 5.55. The first-order valence-corrected chi connectivity index (χ1v) is 7.16. The molecule has 0 fully saturated rings. The maximum atomic E-state index is 12.1. The van der Waals surface area contributed by atoms with Gasteiger partial charge in [-0.1, -0.05) is 12.1 Å². The molecule has 1 aromatic heterocycles. The molecule has 0 radical (unpaired) electrons. The summed E-state index contributed by atoms with van der Waals surface area (Å²) < 4.78 is 1.93. The maximum Gasteiger partial charge on any atom is 0.165 e. The highest BCUT2D eigenvalue weighted by Crippen LogP contribution is 2.27. The van der Waals surface area contributed by atoms with Crippen LogP contribution in [0.15, 0.2) is 36.7 Å². The molecule has 0 saturated carbocycles. The lowest BCUT2D eigenvalue weighted by atomic mass is 10.1. The van der Waals surface area contributed by atoms with E-state index in [1.54, 1.807) is 0 Å². The number of aryl methyl sites for hydroxylation is 1. The van der Waals surface area contributed by atoms with E-state index in [2.05, 4.69) is 23.1 Å². The van der Waals surface area contributed by atoms with Crippen LogP contribution in [0.25, 0.3) is 0 Å². The highest BCUT2D eigenvalue weighted by atomic mass is 16.1. The van der Waals surface area contributed by atoms with Gasteiger partial charge in [-0.25, -0.2) is 0 Å². The number of hydrogen-bond acceptors (Lipinski definition) is 3. The minimum Gasteiger partial charge on any atom is -0.366 e. The van der Waals surface area contributed by atoms with Gasteiger partial charge in [0.2, 0.25) is 0 Å². The van der Waals surface area contributed by atoms with Crippen molar-refractivity contribution < 1.29 is 4.79 Å². The van der Waals surface area contributed by atoms with Crippen molar-refractivity contribution >= 4 is 11.5 Å². The lowest BCUT2D eigenvalue weighted by Gasteiger charge is -2.23. The van der Waals surface area contributed by atoms with Crippen LogP contribution in [-0.2, 0) is 13.1 Å². The molecule has 1 aliphatic heterocycles. The van der Waals surface area contributed by atoms with Gasteiger partial charge in [-0.2, -0.15) is 5.10 Å². The molecule has 0 bridgehead atoms. The van der Waals surface area contributed by atoms with E-state index in [4.69, 9.17) is 0 Å². The van der Waals surface area contributed by atoms with Gasteiger partial charge in [-0.05, 0) is 25.5 Å². The summed E-state index contributed by atoms with van der Waals surface area (Å²) in [6.45, 7) is 4.69. The molecule has 20 heavy (non-hydrogen) atoms. The van der Waals surface area contributed by atoms with Crippen molar-refractivity contribution in [1.82, 2.24) is 9.78 Å². The maximum absolute atomic E-state index is 12.1. The van der Waals surface area contributed by atoms with Crippen LogP contribution in [0.2, 0.25) is 0 Å². The Labute approximate surface area is 119 Å². The van der Waals surface area contributed by atoms with Gasteiger partial charge < -0.3 is 4.90 Å². The molecule has 0 amide bonds. The third-order valence-corrected chi connectivity index (χ3v) is 3.76. The van der Waals surface area contributed by atoms with Gasteiger partial charge in [0.1, 0.15) is 0 Å². The first-order chi connectivity index (χ1) is 9.78. The summed E-state index contributed by atoms with van der Waals surface area (Å²) in [4.78, 5) is 14.4. The highest BCUT2D eigenvalue weighted by molar-refractivity contribution is 6.01. The van der Waals surface area contributed by atoms with Crippen molar-refractivity contribution in [1.29, 1.82) is 0 Å². The number of aromatic nitrogens is 2. The normalized spacial score (nSPS) is 15.1. The Morgan fingerprint density at radius 1 is 1.30 bits per heavy atom. The van der Waals surface area contributed by atoms with Crippen molar-refractivity contribution in [2.45, 2.75) is 32.9 Å². The zero-order valence-electron chi connectivity index (χ0n) is 11.7. The van der Waals surface area contributed by atoms with Crippen LogP contribution in [-0.4, -0.2) is 22.1 Å². The van der Waals surface area contributed by atoms with Crippen LogP contribution in [0, 0.1) is 0 Å². The molecule has 4 nitrogen and oxygen atoms in total. The third-order valence-electron chi connectivity index (χ3n) is 3.76. The first-order valence-electron chi connectivity index (χ1n) is 7.16. The summed E-state index contributed by atoms with van der Waals surface area (Å²) in [5.74, 6) is 0.257. The number of carbonyl (C=O) groups excluding carboxylic acids is 1. The topological polar surface area (TPSA) is 38.1 Å². The smallest absolute Gasteiger partial charge is 0.165 e. The van der Waals surface area contributed by atoms with Gasteiger partial charge in [0.15, 0.2) is 5.78 Å².